The number of nitrogens with zero attached hydrogens (tertiary/aromatic N) is 2. The number of amides is 1. The van der Waals surface area contributed by atoms with Gasteiger partial charge in [0, 0.05) is 12.0 Å². The van der Waals surface area contributed by atoms with Gasteiger partial charge in [0.25, 0.3) is 5.22 Å². The molecule has 0 spiro atoms. The van der Waals surface area contributed by atoms with Gasteiger partial charge in [0.1, 0.15) is 11.5 Å². The zero-order valence-electron chi connectivity index (χ0n) is 13.5. The number of hydrogen-bond donors (Lipinski definition) is 1. The Kier molecular flexibility index (Phi) is 5.86. The molecule has 1 amide bonds. The molecule has 1 N–H and O–H groups in total. The minimum Gasteiger partial charge on any atom is -0.497 e. The van der Waals surface area contributed by atoms with Crippen LogP contribution in [-0.2, 0) is 4.79 Å². The highest BCUT2D eigenvalue weighted by Crippen LogP contribution is 2.29. The van der Waals surface area contributed by atoms with E-state index in [1.807, 2.05) is 13.8 Å². The van der Waals surface area contributed by atoms with Crippen molar-refractivity contribution in [1.29, 1.82) is 0 Å². The molecule has 23 heavy (non-hydrogen) atoms. The Balaban J connectivity index is 1.94. The number of nitrogens with one attached hydrogen (secondary N) is 1. The Labute approximate surface area is 138 Å². The maximum Gasteiger partial charge on any atom is 0.277 e. The summed E-state index contributed by atoms with van der Waals surface area (Å²) in [4.78, 5) is 12.0. The lowest BCUT2D eigenvalue weighted by molar-refractivity contribution is -0.113. The molecule has 0 fully saturated rings. The summed E-state index contributed by atoms with van der Waals surface area (Å²) >= 11 is 1.19. The van der Waals surface area contributed by atoms with Gasteiger partial charge in [0.2, 0.25) is 11.8 Å². The third-order valence-corrected chi connectivity index (χ3v) is 3.74. The fourth-order valence-corrected chi connectivity index (χ4v) is 2.30. The minimum absolute atomic E-state index is 0.161. The van der Waals surface area contributed by atoms with Gasteiger partial charge >= 0.3 is 0 Å². The first-order chi connectivity index (χ1) is 11.0. The molecule has 2 aromatic rings. The standard InChI is InChI=1S/C15H19N3O4S/c1-9(2)14-17-18-15(22-14)23-8-13(19)16-11-6-5-10(20-3)7-12(11)21-4/h5-7,9H,8H2,1-4H3,(H,16,19). The second kappa shape index (κ2) is 7.87. The molecule has 8 heteroatoms. The summed E-state index contributed by atoms with van der Waals surface area (Å²) in [5.74, 6) is 1.88. The highest BCUT2D eigenvalue weighted by atomic mass is 32.2. The molecule has 0 aliphatic rings. The zero-order valence-corrected chi connectivity index (χ0v) is 14.3. The third kappa shape index (κ3) is 4.62. The van der Waals surface area contributed by atoms with E-state index in [1.54, 1.807) is 25.3 Å². The Morgan fingerprint density at radius 1 is 1.30 bits per heavy atom. The summed E-state index contributed by atoms with van der Waals surface area (Å²) in [5.41, 5.74) is 0.576. The fourth-order valence-electron chi connectivity index (χ4n) is 1.73. The second-order valence-electron chi connectivity index (χ2n) is 4.96. The van der Waals surface area contributed by atoms with Crippen molar-refractivity contribution in [3.8, 4) is 11.5 Å². The molecule has 0 atom stereocenters. The maximum absolute atomic E-state index is 12.0. The first-order valence-electron chi connectivity index (χ1n) is 7.01. The number of aromatic nitrogens is 2. The second-order valence-corrected chi connectivity index (χ2v) is 5.89. The molecule has 0 bridgehead atoms. The molecule has 2 rings (SSSR count). The lowest BCUT2D eigenvalue weighted by Gasteiger charge is -2.11. The normalized spacial score (nSPS) is 10.7. The van der Waals surface area contributed by atoms with Crippen LogP contribution in [0.4, 0.5) is 5.69 Å². The van der Waals surface area contributed by atoms with Gasteiger partial charge in [0.05, 0.1) is 25.7 Å². The summed E-state index contributed by atoms with van der Waals surface area (Å²) in [6.45, 7) is 3.93. The van der Waals surface area contributed by atoms with E-state index in [1.165, 1.54) is 18.9 Å². The van der Waals surface area contributed by atoms with Crippen LogP contribution >= 0.6 is 11.8 Å². The van der Waals surface area contributed by atoms with Crippen molar-refractivity contribution in [3.05, 3.63) is 24.1 Å². The van der Waals surface area contributed by atoms with Crippen molar-refractivity contribution >= 4 is 23.4 Å². The van der Waals surface area contributed by atoms with E-state index >= 15 is 0 Å². The third-order valence-electron chi connectivity index (χ3n) is 2.93. The van der Waals surface area contributed by atoms with Gasteiger partial charge in [-0.25, -0.2) is 0 Å². The van der Waals surface area contributed by atoms with E-state index in [-0.39, 0.29) is 17.6 Å². The monoisotopic (exact) mass is 337 g/mol. The number of hydrogen-bond acceptors (Lipinski definition) is 7. The van der Waals surface area contributed by atoms with Crippen LogP contribution in [-0.4, -0.2) is 36.1 Å². The number of rotatable bonds is 7. The van der Waals surface area contributed by atoms with E-state index < -0.39 is 0 Å². The molecule has 0 radical (unpaired) electrons. The Hall–Kier alpha value is -2.22. The molecular weight excluding hydrogens is 318 g/mol. The lowest BCUT2D eigenvalue weighted by Crippen LogP contribution is -2.14. The van der Waals surface area contributed by atoms with E-state index in [4.69, 9.17) is 13.9 Å². The Bertz CT molecular complexity index is 672. The van der Waals surface area contributed by atoms with Gasteiger partial charge in [-0.1, -0.05) is 25.6 Å². The quantitative estimate of drug-likeness (QED) is 0.777. The van der Waals surface area contributed by atoms with Crippen LogP contribution < -0.4 is 14.8 Å². The Morgan fingerprint density at radius 3 is 2.70 bits per heavy atom. The minimum atomic E-state index is -0.192. The highest BCUT2D eigenvalue weighted by molar-refractivity contribution is 7.99. The first-order valence-corrected chi connectivity index (χ1v) is 8.00. The molecule has 0 aliphatic heterocycles. The molecule has 1 heterocycles. The molecular formula is C15H19N3O4S. The van der Waals surface area contributed by atoms with Crippen LogP contribution in [0.2, 0.25) is 0 Å². The molecule has 0 saturated heterocycles. The number of anilines is 1. The van der Waals surface area contributed by atoms with Gasteiger partial charge in [-0.05, 0) is 12.1 Å². The summed E-state index contributed by atoms with van der Waals surface area (Å²) in [5, 5.41) is 11.0. The molecule has 1 aromatic carbocycles. The molecule has 1 aromatic heterocycles. The molecule has 0 unspecified atom stereocenters. The number of ether oxygens (including phenoxy) is 2. The van der Waals surface area contributed by atoms with Crippen LogP contribution in [0.3, 0.4) is 0 Å². The topological polar surface area (TPSA) is 86.5 Å². The van der Waals surface area contributed by atoms with Crippen molar-refractivity contribution in [3.63, 3.8) is 0 Å². The van der Waals surface area contributed by atoms with Crippen LogP contribution in [0.25, 0.3) is 0 Å². The number of methoxy groups -OCH3 is 2. The van der Waals surface area contributed by atoms with E-state index in [9.17, 15) is 4.79 Å². The summed E-state index contributed by atoms with van der Waals surface area (Å²) in [7, 11) is 3.10. The summed E-state index contributed by atoms with van der Waals surface area (Å²) < 4.78 is 15.8. The number of benzene rings is 1. The van der Waals surface area contributed by atoms with E-state index in [0.717, 1.165) is 0 Å². The van der Waals surface area contributed by atoms with Crippen LogP contribution in [0.15, 0.2) is 27.8 Å². The summed E-state index contributed by atoms with van der Waals surface area (Å²) in [6.07, 6.45) is 0. The number of carbonyl (C=O) groups excluding carboxylic acids is 1. The Morgan fingerprint density at radius 2 is 2.09 bits per heavy atom. The number of thioether (sulfide) groups is 1. The zero-order chi connectivity index (χ0) is 16.8. The average Bonchev–Trinajstić information content (AvgIpc) is 3.02. The van der Waals surface area contributed by atoms with Gasteiger partial charge in [-0.3, -0.25) is 4.79 Å². The summed E-state index contributed by atoms with van der Waals surface area (Å²) in [6, 6.07) is 5.18. The van der Waals surface area contributed by atoms with E-state index in [2.05, 4.69) is 15.5 Å². The highest BCUT2D eigenvalue weighted by Gasteiger charge is 2.13. The molecule has 0 saturated carbocycles. The predicted octanol–water partition coefficient (Wildman–Crippen LogP) is 2.94. The number of carbonyl (C=O) groups is 1. The van der Waals surface area contributed by atoms with Crippen molar-refractivity contribution in [1.82, 2.24) is 10.2 Å². The molecule has 0 aliphatic carbocycles. The SMILES string of the molecule is COc1ccc(NC(=O)CSc2nnc(C(C)C)o2)c(OC)c1. The van der Waals surface area contributed by atoms with Gasteiger partial charge in [-0.2, -0.15) is 0 Å². The molecule has 124 valence electrons. The van der Waals surface area contributed by atoms with Crippen LogP contribution in [0.5, 0.6) is 11.5 Å². The van der Waals surface area contributed by atoms with E-state index in [0.29, 0.717) is 28.3 Å². The fraction of sp³-hybridized carbons (Fsp3) is 0.400. The van der Waals surface area contributed by atoms with Crippen LogP contribution in [0, 0.1) is 0 Å². The van der Waals surface area contributed by atoms with Crippen molar-refractivity contribution in [2.75, 3.05) is 25.3 Å². The predicted molar refractivity (Wildman–Crippen MR) is 87.3 cm³/mol. The molecule has 7 nitrogen and oxygen atoms in total. The van der Waals surface area contributed by atoms with Gasteiger partial charge in [-0.15, -0.1) is 10.2 Å². The lowest BCUT2D eigenvalue weighted by atomic mass is 10.2. The van der Waals surface area contributed by atoms with Gasteiger partial charge in [0.15, 0.2) is 0 Å². The van der Waals surface area contributed by atoms with Crippen molar-refractivity contribution < 1.29 is 18.7 Å². The average molecular weight is 337 g/mol. The smallest absolute Gasteiger partial charge is 0.277 e. The van der Waals surface area contributed by atoms with Crippen molar-refractivity contribution in [2.45, 2.75) is 25.0 Å². The van der Waals surface area contributed by atoms with Crippen molar-refractivity contribution in [2.24, 2.45) is 0 Å². The first kappa shape index (κ1) is 17.1. The van der Waals surface area contributed by atoms with Gasteiger partial charge < -0.3 is 19.2 Å². The largest absolute Gasteiger partial charge is 0.497 e. The van der Waals surface area contributed by atoms with Crippen LogP contribution in [0.1, 0.15) is 25.7 Å². The maximum atomic E-state index is 12.0.